The quantitative estimate of drug-likeness (QED) is 0.271. The zero-order valence-corrected chi connectivity index (χ0v) is 20.8. The molecule has 3 rings (SSSR count). The lowest BCUT2D eigenvalue weighted by atomic mass is 9.89. The number of piperidine rings is 1. The Kier molecular flexibility index (Phi) is 10.4. The van der Waals surface area contributed by atoms with Gasteiger partial charge in [-0.25, -0.2) is 0 Å². The highest BCUT2D eigenvalue weighted by Crippen LogP contribution is 2.34. The molecule has 2 saturated heterocycles. The summed E-state index contributed by atoms with van der Waals surface area (Å²) in [6.07, 6.45) is 3.96. The van der Waals surface area contributed by atoms with Crippen molar-refractivity contribution in [2.24, 2.45) is 16.8 Å². The van der Waals surface area contributed by atoms with E-state index >= 15 is 0 Å². The van der Waals surface area contributed by atoms with Crippen molar-refractivity contribution in [3.8, 4) is 0 Å². The Hall–Kier alpha value is -1.35. The van der Waals surface area contributed by atoms with Crippen LogP contribution in [0, 0.1) is 18.8 Å². The molecule has 168 valence electrons. The Balaban J connectivity index is 0.00000320. The third-order valence-corrected chi connectivity index (χ3v) is 5.99. The number of likely N-dealkylation sites (tertiary alicyclic amines) is 1. The number of halogens is 1. The topological polar surface area (TPSA) is 63.2 Å². The van der Waals surface area contributed by atoms with Crippen LogP contribution in [0.1, 0.15) is 49.8 Å². The van der Waals surface area contributed by atoms with E-state index in [9.17, 15) is 4.79 Å². The zero-order chi connectivity index (χ0) is 20.6. The third kappa shape index (κ3) is 6.57. The number of guanidine groups is 1. The Labute approximate surface area is 197 Å². The summed E-state index contributed by atoms with van der Waals surface area (Å²) in [4.78, 5) is 19.0. The Morgan fingerprint density at radius 2 is 1.93 bits per heavy atom. The molecule has 6 nitrogen and oxygen atoms in total. The molecular weight excluding hydrogens is 493 g/mol. The standard InChI is InChI=1S/C23H35N3O3.HI/c1-4-24-23(26-13-11-19(12-14-26)22(27)28-3)25-16-20-6-5-15-29-21(20)18-9-7-17(2)8-10-18;/h7-10,19-21H,4-6,11-16H2,1-3H3,(H,24,25);1H. The van der Waals surface area contributed by atoms with Crippen LogP contribution in [0.3, 0.4) is 0 Å². The van der Waals surface area contributed by atoms with Crippen molar-refractivity contribution < 1.29 is 14.3 Å². The molecule has 2 fully saturated rings. The lowest BCUT2D eigenvalue weighted by Crippen LogP contribution is -2.47. The second-order valence-electron chi connectivity index (χ2n) is 8.08. The Morgan fingerprint density at radius 3 is 2.57 bits per heavy atom. The number of ether oxygens (including phenoxy) is 2. The van der Waals surface area contributed by atoms with Crippen molar-refractivity contribution in [2.45, 2.75) is 45.6 Å². The van der Waals surface area contributed by atoms with Crippen molar-refractivity contribution in [2.75, 3.05) is 39.9 Å². The molecule has 1 aromatic rings. The molecule has 30 heavy (non-hydrogen) atoms. The van der Waals surface area contributed by atoms with Crippen LogP contribution in [-0.4, -0.2) is 56.7 Å². The molecule has 0 aliphatic carbocycles. The first kappa shape index (κ1) is 24.9. The summed E-state index contributed by atoms with van der Waals surface area (Å²) in [6.45, 7) is 8.26. The minimum absolute atomic E-state index is 0. The fourth-order valence-electron chi connectivity index (χ4n) is 4.28. The van der Waals surface area contributed by atoms with Gasteiger partial charge in [-0.2, -0.15) is 0 Å². The van der Waals surface area contributed by atoms with Crippen molar-refractivity contribution >= 4 is 35.9 Å². The van der Waals surface area contributed by atoms with Crippen LogP contribution < -0.4 is 5.32 Å². The van der Waals surface area contributed by atoms with Crippen LogP contribution in [0.4, 0.5) is 0 Å². The van der Waals surface area contributed by atoms with Gasteiger partial charge >= 0.3 is 5.97 Å². The van der Waals surface area contributed by atoms with Gasteiger partial charge in [0.2, 0.25) is 0 Å². The Morgan fingerprint density at radius 1 is 1.23 bits per heavy atom. The third-order valence-electron chi connectivity index (χ3n) is 5.99. The summed E-state index contributed by atoms with van der Waals surface area (Å²) in [5.41, 5.74) is 2.52. The first-order valence-electron chi connectivity index (χ1n) is 10.9. The van der Waals surface area contributed by atoms with Crippen LogP contribution in [0.5, 0.6) is 0 Å². The number of nitrogens with zero attached hydrogens (tertiary/aromatic N) is 2. The van der Waals surface area contributed by atoms with E-state index < -0.39 is 0 Å². The normalized spacial score (nSPS) is 22.9. The summed E-state index contributed by atoms with van der Waals surface area (Å²) in [6, 6.07) is 8.68. The van der Waals surface area contributed by atoms with Crippen molar-refractivity contribution in [3.05, 3.63) is 35.4 Å². The summed E-state index contributed by atoms with van der Waals surface area (Å²) < 4.78 is 11.1. The summed E-state index contributed by atoms with van der Waals surface area (Å²) in [5.74, 6) is 1.25. The number of aliphatic imine (C=N–C) groups is 1. The maximum Gasteiger partial charge on any atom is 0.308 e. The lowest BCUT2D eigenvalue weighted by Gasteiger charge is -2.34. The van der Waals surface area contributed by atoms with Gasteiger partial charge in [0.25, 0.3) is 0 Å². The highest BCUT2D eigenvalue weighted by atomic mass is 127. The number of carbonyl (C=O) groups excluding carboxylic acids is 1. The van der Waals surface area contributed by atoms with E-state index in [1.54, 1.807) is 0 Å². The van der Waals surface area contributed by atoms with Gasteiger partial charge in [-0.05, 0) is 45.1 Å². The number of hydrogen-bond acceptors (Lipinski definition) is 4. The van der Waals surface area contributed by atoms with Gasteiger partial charge < -0.3 is 19.7 Å². The maximum absolute atomic E-state index is 11.8. The fraction of sp³-hybridized carbons (Fsp3) is 0.652. The number of esters is 1. The number of aryl methyl sites for hydroxylation is 1. The van der Waals surface area contributed by atoms with Gasteiger partial charge in [-0.3, -0.25) is 9.79 Å². The second-order valence-corrected chi connectivity index (χ2v) is 8.08. The van der Waals surface area contributed by atoms with Crippen LogP contribution in [0.25, 0.3) is 0 Å². The molecule has 2 aliphatic rings. The summed E-state index contributed by atoms with van der Waals surface area (Å²) >= 11 is 0. The molecule has 0 spiro atoms. The highest BCUT2D eigenvalue weighted by Gasteiger charge is 2.29. The van der Waals surface area contributed by atoms with Gasteiger partial charge in [-0.1, -0.05) is 29.8 Å². The number of nitrogens with one attached hydrogen (secondary N) is 1. The van der Waals surface area contributed by atoms with Crippen LogP contribution >= 0.6 is 24.0 Å². The minimum Gasteiger partial charge on any atom is -0.469 e. The number of rotatable bonds is 5. The first-order valence-corrected chi connectivity index (χ1v) is 10.9. The lowest BCUT2D eigenvalue weighted by molar-refractivity contribution is -0.146. The molecule has 2 aliphatic heterocycles. The van der Waals surface area contributed by atoms with Gasteiger partial charge in [-0.15, -0.1) is 24.0 Å². The van der Waals surface area contributed by atoms with Crippen molar-refractivity contribution in [3.63, 3.8) is 0 Å². The molecule has 2 atom stereocenters. The molecule has 1 N–H and O–H groups in total. The summed E-state index contributed by atoms with van der Waals surface area (Å²) in [7, 11) is 1.47. The number of benzene rings is 1. The van der Waals surface area contributed by atoms with E-state index in [0.29, 0.717) is 5.92 Å². The molecule has 0 aromatic heterocycles. The van der Waals surface area contributed by atoms with Gasteiger partial charge in [0.05, 0.1) is 19.1 Å². The van der Waals surface area contributed by atoms with Crippen molar-refractivity contribution in [1.29, 1.82) is 0 Å². The Bertz CT molecular complexity index is 687. The van der Waals surface area contributed by atoms with E-state index in [1.807, 2.05) is 0 Å². The van der Waals surface area contributed by atoms with Crippen molar-refractivity contribution in [1.82, 2.24) is 10.2 Å². The van der Waals surface area contributed by atoms with Gasteiger partial charge in [0.1, 0.15) is 0 Å². The van der Waals surface area contributed by atoms with Crippen LogP contribution in [0.15, 0.2) is 29.3 Å². The van der Waals surface area contributed by atoms with Gasteiger partial charge in [0, 0.05) is 38.7 Å². The number of hydrogen-bond donors (Lipinski definition) is 1. The molecule has 2 heterocycles. The van der Waals surface area contributed by atoms with E-state index in [1.165, 1.54) is 18.2 Å². The molecule has 0 bridgehead atoms. The molecular formula is C23H36IN3O3. The van der Waals surface area contributed by atoms with Gasteiger partial charge in [0.15, 0.2) is 5.96 Å². The molecule has 0 amide bonds. The van der Waals surface area contributed by atoms with E-state index in [0.717, 1.165) is 64.4 Å². The van der Waals surface area contributed by atoms with E-state index in [2.05, 4.69) is 48.3 Å². The second kappa shape index (κ2) is 12.5. The van der Waals surface area contributed by atoms with Crippen LogP contribution in [-0.2, 0) is 14.3 Å². The average molecular weight is 529 g/mol. The monoisotopic (exact) mass is 529 g/mol. The number of carbonyl (C=O) groups is 1. The fourth-order valence-corrected chi connectivity index (χ4v) is 4.28. The SMILES string of the molecule is CCNC(=NCC1CCCOC1c1ccc(C)cc1)N1CCC(C(=O)OC)CC1.I. The average Bonchev–Trinajstić information content (AvgIpc) is 2.77. The largest absolute Gasteiger partial charge is 0.469 e. The van der Waals surface area contributed by atoms with Crippen LogP contribution in [0.2, 0.25) is 0 Å². The molecule has 7 heteroatoms. The molecule has 0 radical (unpaired) electrons. The number of methoxy groups -OCH3 is 1. The molecule has 0 saturated carbocycles. The molecule has 2 unspecified atom stereocenters. The predicted octanol–water partition coefficient (Wildman–Crippen LogP) is 3.93. The first-order chi connectivity index (χ1) is 14.1. The summed E-state index contributed by atoms with van der Waals surface area (Å²) in [5, 5.41) is 3.43. The highest BCUT2D eigenvalue weighted by molar-refractivity contribution is 14.0. The van der Waals surface area contributed by atoms with E-state index in [-0.39, 0.29) is 42.0 Å². The maximum atomic E-state index is 11.8. The van der Waals surface area contributed by atoms with E-state index in [4.69, 9.17) is 14.5 Å². The smallest absolute Gasteiger partial charge is 0.308 e. The minimum atomic E-state index is -0.0908. The zero-order valence-electron chi connectivity index (χ0n) is 18.4. The predicted molar refractivity (Wildman–Crippen MR) is 130 cm³/mol. The molecule has 1 aromatic carbocycles.